The summed E-state index contributed by atoms with van der Waals surface area (Å²) in [6.45, 7) is 14.4. The van der Waals surface area contributed by atoms with Gasteiger partial charge < -0.3 is 19.5 Å². The molecule has 6 nitrogen and oxygen atoms in total. The first-order valence-electron chi connectivity index (χ1n) is 9.11. The quantitative estimate of drug-likeness (QED) is 0.646. The Kier molecular flexibility index (Phi) is 6.15. The highest BCUT2D eigenvalue weighted by Crippen LogP contribution is 2.25. The number of hydrogen-bond donors (Lipinski definition) is 2. The third-order valence-corrected chi connectivity index (χ3v) is 6.23. The summed E-state index contributed by atoms with van der Waals surface area (Å²) in [6.07, 6.45) is 0. The zero-order valence-electron chi connectivity index (χ0n) is 17.6. The monoisotopic (exact) mass is 392 g/mol. The van der Waals surface area contributed by atoms with Gasteiger partial charge in [-0.2, -0.15) is 8.75 Å². The Labute approximate surface area is 167 Å². The minimum Gasteiger partial charge on any atom is -0.427 e. The van der Waals surface area contributed by atoms with Gasteiger partial charge in [-0.3, -0.25) is 0 Å². The molecule has 9 heteroatoms. The Hall–Kier alpha value is -0.990. The van der Waals surface area contributed by atoms with Crippen molar-refractivity contribution in [3.63, 3.8) is 0 Å². The number of hydrogen-bond acceptors (Lipinski definition) is 7. The van der Waals surface area contributed by atoms with Crippen molar-refractivity contribution in [1.82, 2.24) is 8.75 Å². The first-order valence-corrected chi connectivity index (χ1v) is 9.84. The van der Waals surface area contributed by atoms with Crippen LogP contribution >= 0.6 is 11.7 Å². The fraction of sp³-hybridized carbons (Fsp3) is 0.667. The second-order valence-electron chi connectivity index (χ2n) is 9.06. The van der Waals surface area contributed by atoms with E-state index in [1.807, 2.05) is 39.8 Å². The Morgan fingerprint density at radius 3 is 1.37 bits per heavy atom. The van der Waals surface area contributed by atoms with Crippen LogP contribution < -0.4 is 10.9 Å². The number of fused-ring (bicyclic) bond motifs is 1. The minimum atomic E-state index is -0.969. The van der Waals surface area contributed by atoms with Crippen LogP contribution in [0.3, 0.4) is 0 Å². The molecular weight excluding hydrogens is 362 g/mol. The molecule has 1 aromatic carbocycles. The average Bonchev–Trinajstić information content (AvgIpc) is 2.99. The standard InChI is InChI=1S/C18H30B2N2O4S/c1-15(2,23)17(5,6)25-19-11-9-10-12(14-13(11)21-27-22-14)20-26-18(7,8)16(3,4)24/h9-10,19-20,23-24H,1-8H3. The second-order valence-corrected chi connectivity index (χ2v) is 9.59. The molecule has 2 rings (SSSR count). The Morgan fingerprint density at radius 2 is 1.07 bits per heavy atom. The van der Waals surface area contributed by atoms with Crippen molar-refractivity contribution in [2.45, 2.75) is 77.8 Å². The lowest BCUT2D eigenvalue weighted by Crippen LogP contribution is -2.49. The maximum atomic E-state index is 10.3. The Bertz CT molecular complexity index is 731. The van der Waals surface area contributed by atoms with Crippen molar-refractivity contribution in [3.05, 3.63) is 12.1 Å². The Balaban J connectivity index is 2.20. The van der Waals surface area contributed by atoms with Crippen LogP contribution in [0.5, 0.6) is 0 Å². The molecule has 0 aliphatic rings. The van der Waals surface area contributed by atoms with Crippen molar-refractivity contribution < 1.29 is 19.5 Å². The van der Waals surface area contributed by atoms with E-state index in [1.54, 1.807) is 27.7 Å². The zero-order valence-corrected chi connectivity index (χ0v) is 18.4. The largest absolute Gasteiger partial charge is 0.427 e. The highest BCUT2D eigenvalue weighted by atomic mass is 32.1. The molecule has 148 valence electrons. The molecule has 0 aliphatic heterocycles. The molecule has 1 heterocycles. The Morgan fingerprint density at radius 1 is 0.741 bits per heavy atom. The smallest absolute Gasteiger partial charge is 0.311 e. The van der Waals surface area contributed by atoms with Crippen LogP contribution in [-0.4, -0.2) is 56.3 Å². The fourth-order valence-electron chi connectivity index (χ4n) is 2.07. The van der Waals surface area contributed by atoms with Gasteiger partial charge >= 0.3 is 15.0 Å². The highest BCUT2D eigenvalue weighted by molar-refractivity contribution is 7.00. The molecule has 0 radical (unpaired) electrons. The van der Waals surface area contributed by atoms with Crippen LogP contribution in [0.4, 0.5) is 0 Å². The van der Waals surface area contributed by atoms with Crippen LogP contribution in [-0.2, 0) is 9.31 Å². The highest BCUT2D eigenvalue weighted by Gasteiger charge is 2.37. The van der Waals surface area contributed by atoms with Crippen molar-refractivity contribution in [1.29, 1.82) is 0 Å². The summed E-state index contributed by atoms with van der Waals surface area (Å²) < 4.78 is 20.8. The van der Waals surface area contributed by atoms with Gasteiger partial charge in [-0.25, -0.2) is 0 Å². The molecule has 0 aliphatic carbocycles. The van der Waals surface area contributed by atoms with Crippen molar-refractivity contribution in [2.75, 3.05) is 0 Å². The lowest BCUT2D eigenvalue weighted by molar-refractivity contribution is -0.0893. The van der Waals surface area contributed by atoms with Crippen LogP contribution in [0.1, 0.15) is 55.4 Å². The third-order valence-electron chi connectivity index (χ3n) is 5.71. The van der Waals surface area contributed by atoms with Gasteiger partial charge in [0.15, 0.2) is 0 Å². The van der Waals surface area contributed by atoms with E-state index in [0.29, 0.717) is 15.0 Å². The molecule has 0 spiro atoms. The molecular formula is C18H30B2N2O4S. The third kappa shape index (κ3) is 4.90. The van der Waals surface area contributed by atoms with Gasteiger partial charge in [0, 0.05) is 0 Å². The lowest BCUT2D eigenvalue weighted by Gasteiger charge is -2.38. The van der Waals surface area contributed by atoms with Gasteiger partial charge in [-0.05, 0) is 66.3 Å². The zero-order chi connectivity index (χ0) is 20.7. The van der Waals surface area contributed by atoms with Crippen molar-refractivity contribution >= 4 is 48.7 Å². The summed E-state index contributed by atoms with van der Waals surface area (Å²) in [5.74, 6) is 0. The van der Waals surface area contributed by atoms with Crippen LogP contribution in [0, 0.1) is 0 Å². The van der Waals surface area contributed by atoms with Crippen molar-refractivity contribution in [3.8, 4) is 0 Å². The van der Waals surface area contributed by atoms with Gasteiger partial charge in [0.1, 0.15) is 11.0 Å². The van der Waals surface area contributed by atoms with E-state index in [9.17, 15) is 10.2 Å². The van der Waals surface area contributed by atoms with Gasteiger partial charge in [-0.15, -0.1) is 0 Å². The fourth-order valence-corrected chi connectivity index (χ4v) is 2.68. The number of aliphatic hydroxyl groups is 2. The summed E-state index contributed by atoms with van der Waals surface area (Å²) in [5, 5.41) is 20.5. The molecule has 0 saturated carbocycles. The number of aromatic nitrogens is 2. The minimum absolute atomic E-state index is 0.329. The predicted octanol–water partition coefficient (Wildman–Crippen LogP) is 0.777. The van der Waals surface area contributed by atoms with Crippen molar-refractivity contribution in [2.24, 2.45) is 0 Å². The summed E-state index contributed by atoms with van der Waals surface area (Å²) in [5.41, 5.74) is 0.0551. The van der Waals surface area contributed by atoms with E-state index in [1.165, 1.54) is 0 Å². The topological polar surface area (TPSA) is 84.7 Å². The molecule has 2 aromatic rings. The normalized spacial score (nSPS) is 13.9. The van der Waals surface area contributed by atoms with Gasteiger partial charge in [0.25, 0.3) is 0 Å². The van der Waals surface area contributed by atoms with E-state index in [-0.39, 0.29) is 0 Å². The molecule has 27 heavy (non-hydrogen) atoms. The molecule has 0 atom stereocenters. The number of nitrogens with zero attached hydrogens (tertiary/aromatic N) is 2. The maximum absolute atomic E-state index is 10.3. The van der Waals surface area contributed by atoms with Gasteiger partial charge in [0.05, 0.1) is 34.1 Å². The first-order chi connectivity index (χ1) is 12.2. The number of benzene rings is 1. The first kappa shape index (κ1) is 22.3. The van der Waals surface area contributed by atoms with E-state index in [4.69, 9.17) is 9.31 Å². The van der Waals surface area contributed by atoms with Gasteiger partial charge in [-0.1, -0.05) is 12.1 Å². The number of rotatable bonds is 8. The molecule has 0 unspecified atom stereocenters. The molecule has 0 bridgehead atoms. The average molecular weight is 392 g/mol. The van der Waals surface area contributed by atoms with Crippen LogP contribution in [0.15, 0.2) is 12.1 Å². The summed E-state index contributed by atoms with van der Waals surface area (Å²) in [6, 6.07) is 3.92. The SMILES string of the molecule is CC(C)(O)C(C)(C)OBc1ccc(BOC(C)(C)C(C)(C)O)c2nsnc12. The summed E-state index contributed by atoms with van der Waals surface area (Å²) in [4.78, 5) is 0. The van der Waals surface area contributed by atoms with E-state index < -0.39 is 22.4 Å². The maximum Gasteiger partial charge on any atom is 0.311 e. The summed E-state index contributed by atoms with van der Waals surface area (Å²) in [7, 11) is 0.657. The molecule has 0 fully saturated rings. The van der Waals surface area contributed by atoms with E-state index >= 15 is 0 Å². The second kappa shape index (κ2) is 7.44. The molecule has 0 amide bonds. The summed E-state index contributed by atoms with van der Waals surface area (Å²) >= 11 is 1.15. The van der Waals surface area contributed by atoms with Crippen LogP contribution in [0.25, 0.3) is 11.0 Å². The van der Waals surface area contributed by atoms with E-state index in [2.05, 4.69) is 8.75 Å². The van der Waals surface area contributed by atoms with Gasteiger partial charge in [0.2, 0.25) is 0 Å². The molecule has 2 N–H and O–H groups in total. The predicted molar refractivity (Wildman–Crippen MR) is 114 cm³/mol. The van der Waals surface area contributed by atoms with E-state index in [0.717, 1.165) is 33.7 Å². The molecule has 0 saturated heterocycles. The molecule has 1 aromatic heterocycles. The lowest BCUT2D eigenvalue weighted by atomic mass is 9.77. The van der Waals surface area contributed by atoms with Crippen LogP contribution in [0.2, 0.25) is 0 Å².